The Morgan fingerprint density at radius 3 is 2.67 bits per heavy atom. The van der Waals surface area contributed by atoms with Gasteiger partial charge >= 0.3 is 12.0 Å². The fourth-order valence-electron chi connectivity index (χ4n) is 4.67. The van der Waals surface area contributed by atoms with Gasteiger partial charge in [-0.3, -0.25) is 19.2 Å². The van der Waals surface area contributed by atoms with Crippen molar-refractivity contribution in [1.29, 1.82) is 0 Å². The SMILES string of the molecule is Cc1ccc(OCC(O)CN2C(=[N+]3CCCC(C)C3)N=C3C2C(=O)N(C)C(=O)N3C)cc1C. The number of benzene rings is 1. The van der Waals surface area contributed by atoms with Crippen molar-refractivity contribution < 1.29 is 24.0 Å². The van der Waals surface area contributed by atoms with Gasteiger partial charge in [0, 0.05) is 14.1 Å². The molecule has 2 saturated heterocycles. The minimum Gasteiger partial charge on any atom is -0.491 e. The molecule has 4 rings (SSSR count). The lowest BCUT2D eigenvalue weighted by molar-refractivity contribution is -0.550. The van der Waals surface area contributed by atoms with Gasteiger partial charge in [-0.05, 0) is 55.9 Å². The largest absolute Gasteiger partial charge is 0.491 e. The Kier molecular flexibility index (Phi) is 6.43. The highest BCUT2D eigenvalue weighted by Gasteiger charge is 2.55. The normalized spacial score (nSPS) is 26.5. The molecular weight excluding hydrogens is 422 g/mol. The van der Waals surface area contributed by atoms with Crippen LogP contribution in [0.1, 0.15) is 30.9 Å². The molecule has 0 spiro atoms. The minimum absolute atomic E-state index is 0.0868. The van der Waals surface area contributed by atoms with Crippen LogP contribution in [0.4, 0.5) is 4.79 Å². The third kappa shape index (κ3) is 4.46. The Morgan fingerprint density at radius 1 is 1.21 bits per heavy atom. The van der Waals surface area contributed by atoms with E-state index in [9.17, 15) is 14.7 Å². The second kappa shape index (κ2) is 9.13. The van der Waals surface area contributed by atoms with Gasteiger partial charge in [0.1, 0.15) is 18.5 Å². The monoisotopic (exact) mass is 456 g/mol. The quantitative estimate of drug-likeness (QED) is 0.678. The van der Waals surface area contributed by atoms with Gasteiger partial charge in [-0.2, -0.15) is 0 Å². The summed E-state index contributed by atoms with van der Waals surface area (Å²) in [5, 5.41) is 10.9. The van der Waals surface area contributed by atoms with Crippen LogP contribution >= 0.6 is 0 Å². The summed E-state index contributed by atoms with van der Waals surface area (Å²) >= 11 is 0. The Labute approximate surface area is 194 Å². The molecular formula is C24H34N5O4+. The number of fused-ring (bicyclic) bond motifs is 1. The van der Waals surface area contributed by atoms with Crippen LogP contribution < -0.4 is 4.74 Å². The zero-order valence-electron chi connectivity index (χ0n) is 20.1. The molecule has 3 amide bonds. The molecule has 9 heteroatoms. The van der Waals surface area contributed by atoms with Gasteiger partial charge < -0.3 is 9.84 Å². The van der Waals surface area contributed by atoms with E-state index in [0.29, 0.717) is 23.5 Å². The lowest BCUT2D eigenvalue weighted by Crippen LogP contribution is -2.63. The summed E-state index contributed by atoms with van der Waals surface area (Å²) in [7, 11) is 3.12. The molecule has 1 aromatic carbocycles. The summed E-state index contributed by atoms with van der Waals surface area (Å²) < 4.78 is 8.01. The summed E-state index contributed by atoms with van der Waals surface area (Å²) in [4.78, 5) is 34.7. The average Bonchev–Trinajstić information content (AvgIpc) is 3.16. The van der Waals surface area contributed by atoms with Crippen molar-refractivity contribution in [2.24, 2.45) is 10.9 Å². The lowest BCUT2D eigenvalue weighted by Gasteiger charge is -2.34. The molecule has 0 saturated carbocycles. The fourth-order valence-corrected chi connectivity index (χ4v) is 4.67. The van der Waals surface area contributed by atoms with Gasteiger partial charge in [0.05, 0.1) is 19.6 Å². The molecule has 33 heavy (non-hydrogen) atoms. The van der Waals surface area contributed by atoms with Crippen molar-refractivity contribution in [3.05, 3.63) is 29.3 Å². The number of aliphatic imine (C=N–C) groups is 1. The minimum atomic E-state index is -0.848. The van der Waals surface area contributed by atoms with Gasteiger partial charge in [0.2, 0.25) is 11.9 Å². The van der Waals surface area contributed by atoms with Crippen LogP contribution in [-0.4, -0.2) is 101 Å². The summed E-state index contributed by atoms with van der Waals surface area (Å²) in [6, 6.07) is 4.69. The van der Waals surface area contributed by atoms with Gasteiger partial charge in [0.15, 0.2) is 0 Å². The number of aliphatic hydroxyl groups is 1. The molecule has 0 aliphatic carbocycles. The van der Waals surface area contributed by atoms with Crippen molar-refractivity contribution in [3.63, 3.8) is 0 Å². The van der Waals surface area contributed by atoms with E-state index in [4.69, 9.17) is 9.73 Å². The van der Waals surface area contributed by atoms with Crippen molar-refractivity contribution in [2.45, 2.75) is 45.8 Å². The number of likely N-dealkylation sites (N-methyl/N-ethyl adjacent to an activating group) is 2. The number of guanidine groups is 1. The number of amidine groups is 1. The van der Waals surface area contributed by atoms with Crippen LogP contribution in [0, 0.1) is 19.8 Å². The van der Waals surface area contributed by atoms with Gasteiger partial charge in [-0.1, -0.05) is 18.0 Å². The highest BCUT2D eigenvalue weighted by atomic mass is 16.5. The van der Waals surface area contributed by atoms with Crippen LogP contribution in [0.15, 0.2) is 23.2 Å². The van der Waals surface area contributed by atoms with E-state index >= 15 is 0 Å². The van der Waals surface area contributed by atoms with Gasteiger partial charge in [-0.15, -0.1) is 0 Å². The van der Waals surface area contributed by atoms with Crippen molar-refractivity contribution in [1.82, 2.24) is 14.7 Å². The number of aryl methyl sites for hydroxylation is 2. The summed E-state index contributed by atoms with van der Waals surface area (Å²) in [6.45, 7) is 8.17. The summed E-state index contributed by atoms with van der Waals surface area (Å²) in [5.74, 6) is 1.93. The third-order valence-corrected chi connectivity index (χ3v) is 6.78. The van der Waals surface area contributed by atoms with Crippen molar-refractivity contribution in [2.75, 3.05) is 40.3 Å². The van der Waals surface area contributed by atoms with E-state index in [2.05, 4.69) is 11.5 Å². The Balaban J connectivity index is 1.58. The molecule has 178 valence electrons. The van der Waals surface area contributed by atoms with Crippen LogP contribution in [0.5, 0.6) is 5.75 Å². The number of piperidine rings is 1. The van der Waals surface area contributed by atoms with E-state index in [1.165, 1.54) is 17.5 Å². The second-order valence-electron chi connectivity index (χ2n) is 9.47. The Hall–Kier alpha value is -2.94. The smallest absolute Gasteiger partial charge is 0.392 e. The number of carbonyl (C=O) groups excluding carboxylic acids is 2. The topological polar surface area (TPSA) is 88.7 Å². The van der Waals surface area contributed by atoms with Gasteiger partial charge in [0.25, 0.3) is 5.91 Å². The van der Waals surface area contributed by atoms with Crippen LogP contribution in [0.25, 0.3) is 0 Å². The summed E-state index contributed by atoms with van der Waals surface area (Å²) in [5.41, 5.74) is 2.30. The number of hydrogen-bond donors (Lipinski definition) is 1. The number of urea groups is 1. The van der Waals surface area contributed by atoms with Crippen LogP contribution in [-0.2, 0) is 4.79 Å². The van der Waals surface area contributed by atoms with Crippen LogP contribution in [0.2, 0.25) is 0 Å². The first-order chi connectivity index (χ1) is 15.7. The van der Waals surface area contributed by atoms with Gasteiger partial charge in [-0.25, -0.2) is 9.69 Å². The average molecular weight is 457 g/mol. The van der Waals surface area contributed by atoms with Crippen LogP contribution in [0.3, 0.4) is 0 Å². The first kappa shape index (κ1) is 23.2. The Bertz CT molecular complexity index is 1020. The predicted octanol–water partition coefficient (Wildman–Crippen LogP) is 1.45. The zero-order valence-corrected chi connectivity index (χ0v) is 20.1. The molecule has 9 nitrogen and oxygen atoms in total. The third-order valence-electron chi connectivity index (χ3n) is 6.78. The van der Waals surface area contributed by atoms with Crippen molar-refractivity contribution in [3.8, 4) is 5.75 Å². The standard InChI is InChI=1S/C24H34N5O4/c1-15-7-6-10-28(12-15)23-25-21-20(22(31)27(5)24(32)26(21)4)29(23)13-18(30)14-33-19-9-8-16(2)17(3)11-19/h8-9,11,15,18,20,30H,6-7,10,12-14H2,1-5H3/q+1. The molecule has 3 aliphatic rings. The second-order valence-corrected chi connectivity index (χ2v) is 9.47. The first-order valence-electron chi connectivity index (χ1n) is 11.6. The molecule has 1 aromatic rings. The molecule has 0 bridgehead atoms. The molecule has 3 aliphatic heterocycles. The highest BCUT2D eigenvalue weighted by Crippen LogP contribution is 2.25. The van der Waals surface area contributed by atoms with E-state index in [1.54, 1.807) is 7.05 Å². The van der Waals surface area contributed by atoms with E-state index in [0.717, 1.165) is 36.4 Å². The number of nitrogens with zero attached hydrogens (tertiary/aromatic N) is 5. The number of imide groups is 1. The number of amides is 3. The molecule has 3 heterocycles. The maximum absolute atomic E-state index is 13.1. The summed E-state index contributed by atoms with van der Waals surface area (Å²) in [6.07, 6.45) is 1.34. The molecule has 0 aromatic heterocycles. The van der Waals surface area contributed by atoms with E-state index < -0.39 is 18.2 Å². The number of carbonyl (C=O) groups is 2. The molecule has 3 unspecified atom stereocenters. The number of β-amino-alcohol motifs (C(OH)–C–C–N with tert-alkyl or cyclic N) is 1. The molecule has 1 N–H and O–H groups in total. The number of hydrogen-bond acceptors (Lipinski definition) is 4. The predicted molar refractivity (Wildman–Crippen MR) is 125 cm³/mol. The number of ether oxygens (including phenoxy) is 1. The highest BCUT2D eigenvalue weighted by molar-refractivity contribution is 6.25. The first-order valence-corrected chi connectivity index (χ1v) is 11.6. The van der Waals surface area contributed by atoms with E-state index in [1.807, 2.05) is 36.9 Å². The van der Waals surface area contributed by atoms with E-state index in [-0.39, 0.29) is 19.1 Å². The molecule has 3 atom stereocenters. The molecule has 2 fully saturated rings. The molecule has 0 radical (unpaired) electrons. The fraction of sp³-hybridized carbons (Fsp3) is 0.583. The maximum Gasteiger partial charge on any atom is 0.392 e. The zero-order chi connectivity index (χ0) is 23.9. The Morgan fingerprint density at radius 2 is 1.97 bits per heavy atom. The number of rotatable bonds is 5. The van der Waals surface area contributed by atoms with Crippen molar-refractivity contribution >= 4 is 23.7 Å². The number of aliphatic hydroxyl groups excluding tert-OH is 1. The maximum atomic E-state index is 13.1. The lowest BCUT2D eigenvalue weighted by atomic mass is 10.0.